The molecule has 1 fully saturated rings. The van der Waals surface area contributed by atoms with E-state index in [1.165, 1.54) is 0 Å². The van der Waals surface area contributed by atoms with E-state index in [2.05, 4.69) is 4.98 Å². The van der Waals surface area contributed by atoms with Crippen LogP contribution in [0, 0.1) is 0 Å². The van der Waals surface area contributed by atoms with Gasteiger partial charge in [0.15, 0.2) is 11.5 Å². The number of rotatable bonds is 3. The summed E-state index contributed by atoms with van der Waals surface area (Å²) in [4.78, 5) is 29.3. The Labute approximate surface area is 145 Å². The van der Waals surface area contributed by atoms with Gasteiger partial charge >= 0.3 is 0 Å². The lowest BCUT2D eigenvalue weighted by Crippen LogP contribution is -2.38. The molecule has 0 atom stereocenters. The Morgan fingerprint density at radius 3 is 2.52 bits per heavy atom. The number of amides is 1. The summed E-state index contributed by atoms with van der Waals surface area (Å²) in [5, 5.41) is 0.883. The van der Waals surface area contributed by atoms with Crippen LogP contribution in [0.3, 0.4) is 0 Å². The molecule has 2 heterocycles. The number of fused-ring (bicyclic) bond motifs is 2. The van der Waals surface area contributed by atoms with Crippen molar-refractivity contribution < 1.29 is 14.3 Å². The quantitative estimate of drug-likeness (QED) is 0.931. The number of hydrogen-bond donors (Lipinski definition) is 1. The Balaban J connectivity index is 1.70. The molecule has 132 valence electrons. The highest BCUT2D eigenvalue weighted by Crippen LogP contribution is 2.34. The zero-order valence-corrected chi connectivity index (χ0v) is 14.3. The largest absolute Gasteiger partial charge is 0.486 e. The van der Waals surface area contributed by atoms with Gasteiger partial charge in [-0.15, -0.1) is 0 Å². The van der Waals surface area contributed by atoms with Crippen LogP contribution in [0.4, 0.5) is 0 Å². The predicted molar refractivity (Wildman–Crippen MR) is 94.0 cm³/mol. The summed E-state index contributed by atoms with van der Waals surface area (Å²) in [5.74, 6) is 1.36. The number of nitrogens with zero attached hydrogens (tertiary/aromatic N) is 1. The number of carbonyl (C=O) groups excluding carboxylic acids is 1. The van der Waals surface area contributed by atoms with Gasteiger partial charge in [-0.05, 0) is 25.0 Å². The van der Waals surface area contributed by atoms with Gasteiger partial charge in [0.05, 0.1) is 12.1 Å². The minimum Gasteiger partial charge on any atom is -0.486 e. The molecule has 0 bridgehead atoms. The second-order valence-corrected chi connectivity index (χ2v) is 6.79. The van der Waals surface area contributed by atoms with Crippen molar-refractivity contribution in [2.24, 2.45) is 0 Å². The highest BCUT2D eigenvalue weighted by Gasteiger charge is 2.25. The smallest absolute Gasteiger partial charge is 0.253 e. The number of aromatic amines is 1. The first kappa shape index (κ1) is 16.0. The van der Waals surface area contributed by atoms with Gasteiger partial charge in [-0.25, -0.2) is 0 Å². The molecule has 0 radical (unpaired) electrons. The number of ether oxygens (including phenoxy) is 2. The molecule has 6 nitrogen and oxygen atoms in total. The Kier molecular flexibility index (Phi) is 4.11. The molecule has 1 aliphatic heterocycles. The van der Waals surface area contributed by atoms with Gasteiger partial charge in [0.1, 0.15) is 13.2 Å². The zero-order chi connectivity index (χ0) is 17.4. The molecule has 4 rings (SSSR count). The van der Waals surface area contributed by atoms with Crippen LogP contribution in [-0.2, 0) is 11.3 Å². The lowest BCUT2D eigenvalue weighted by Gasteiger charge is -2.27. The monoisotopic (exact) mass is 342 g/mol. The minimum atomic E-state index is -0.159. The number of benzene rings is 1. The average molecular weight is 342 g/mol. The third kappa shape index (κ3) is 3.08. The van der Waals surface area contributed by atoms with E-state index in [9.17, 15) is 9.59 Å². The summed E-state index contributed by atoms with van der Waals surface area (Å²) >= 11 is 0. The molecule has 1 aromatic heterocycles. The lowest BCUT2D eigenvalue weighted by molar-refractivity contribution is -0.131. The Hall–Kier alpha value is -2.50. The first-order chi connectivity index (χ1) is 12.1. The van der Waals surface area contributed by atoms with E-state index in [1.54, 1.807) is 13.0 Å². The molecule has 2 aliphatic rings. The van der Waals surface area contributed by atoms with Crippen molar-refractivity contribution in [3.8, 4) is 11.5 Å². The summed E-state index contributed by atoms with van der Waals surface area (Å²) in [6.07, 6.45) is 4.32. The number of aromatic nitrogens is 1. The Morgan fingerprint density at radius 1 is 1.16 bits per heavy atom. The molecule has 1 aliphatic carbocycles. The fourth-order valence-corrected chi connectivity index (χ4v) is 3.80. The number of H-pyrrole nitrogens is 1. The van der Waals surface area contributed by atoms with Gasteiger partial charge in [-0.2, -0.15) is 0 Å². The SMILES string of the molecule is CC(=O)N(Cc1cc2cc3c(cc2[nH]c1=O)OCCO3)C1CCCC1. The third-order valence-corrected chi connectivity index (χ3v) is 5.09. The molecule has 1 N–H and O–H groups in total. The highest BCUT2D eigenvalue weighted by atomic mass is 16.6. The van der Waals surface area contributed by atoms with Crippen molar-refractivity contribution in [2.75, 3.05) is 13.2 Å². The molecule has 1 amide bonds. The van der Waals surface area contributed by atoms with Crippen LogP contribution < -0.4 is 15.0 Å². The molecule has 25 heavy (non-hydrogen) atoms. The maximum atomic E-state index is 12.5. The summed E-state index contributed by atoms with van der Waals surface area (Å²) in [5.41, 5.74) is 1.16. The van der Waals surface area contributed by atoms with Crippen molar-refractivity contribution in [3.05, 3.63) is 34.1 Å². The van der Waals surface area contributed by atoms with Crippen LogP contribution in [0.5, 0.6) is 11.5 Å². The lowest BCUT2D eigenvalue weighted by atomic mass is 10.1. The fraction of sp³-hybridized carbons (Fsp3) is 0.474. The summed E-state index contributed by atoms with van der Waals surface area (Å²) in [6, 6.07) is 5.79. The van der Waals surface area contributed by atoms with Crippen LogP contribution in [0.2, 0.25) is 0 Å². The van der Waals surface area contributed by atoms with E-state index in [1.807, 2.05) is 17.0 Å². The molecule has 0 spiro atoms. The van der Waals surface area contributed by atoms with Crippen LogP contribution in [0.25, 0.3) is 10.9 Å². The van der Waals surface area contributed by atoms with Gasteiger partial charge in [-0.1, -0.05) is 12.8 Å². The van der Waals surface area contributed by atoms with E-state index >= 15 is 0 Å². The molecular formula is C19H22N2O4. The van der Waals surface area contributed by atoms with Crippen LogP contribution >= 0.6 is 0 Å². The van der Waals surface area contributed by atoms with Crippen molar-refractivity contribution in [1.29, 1.82) is 0 Å². The molecule has 1 saturated carbocycles. The first-order valence-electron chi connectivity index (χ1n) is 8.84. The van der Waals surface area contributed by atoms with E-state index in [-0.39, 0.29) is 17.5 Å². The highest BCUT2D eigenvalue weighted by molar-refractivity contribution is 5.83. The number of hydrogen-bond acceptors (Lipinski definition) is 4. The summed E-state index contributed by atoms with van der Waals surface area (Å²) in [7, 11) is 0. The molecular weight excluding hydrogens is 320 g/mol. The molecule has 6 heteroatoms. The topological polar surface area (TPSA) is 71.6 Å². The van der Waals surface area contributed by atoms with Gasteiger partial charge in [0.2, 0.25) is 5.91 Å². The van der Waals surface area contributed by atoms with Gasteiger partial charge in [0, 0.05) is 30.0 Å². The number of nitrogens with one attached hydrogen (secondary N) is 1. The summed E-state index contributed by atoms with van der Waals surface area (Å²) in [6.45, 7) is 2.96. The zero-order valence-electron chi connectivity index (χ0n) is 14.3. The Bertz CT molecular complexity index is 868. The molecule has 0 saturated heterocycles. The van der Waals surface area contributed by atoms with Crippen molar-refractivity contribution >= 4 is 16.8 Å². The number of pyridine rings is 1. The van der Waals surface area contributed by atoms with Gasteiger partial charge in [0.25, 0.3) is 5.56 Å². The number of carbonyl (C=O) groups is 1. The van der Waals surface area contributed by atoms with E-state index in [0.29, 0.717) is 42.3 Å². The minimum absolute atomic E-state index is 0.0218. The van der Waals surface area contributed by atoms with Gasteiger partial charge < -0.3 is 19.4 Å². The Morgan fingerprint density at radius 2 is 1.84 bits per heavy atom. The normalized spacial score (nSPS) is 17.0. The van der Waals surface area contributed by atoms with Crippen molar-refractivity contribution in [1.82, 2.24) is 9.88 Å². The maximum Gasteiger partial charge on any atom is 0.253 e. The molecule has 2 aromatic rings. The third-order valence-electron chi connectivity index (χ3n) is 5.09. The molecule has 0 unspecified atom stereocenters. The second-order valence-electron chi connectivity index (χ2n) is 6.79. The average Bonchev–Trinajstić information content (AvgIpc) is 3.12. The van der Waals surface area contributed by atoms with Crippen LogP contribution in [-0.4, -0.2) is 35.0 Å². The van der Waals surface area contributed by atoms with Gasteiger partial charge in [-0.3, -0.25) is 9.59 Å². The van der Waals surface area contributed by atoms with Crippen LogP contribution in [0.1, 0.15) is 38.2 Å². The van der Waals surface area contributed by atoms with Crippen molar-refractivity contribution in [3.63, 3.8) is 0 Å². The maximum absolute atomic E-state index is 12.5. The first-order valence-corrected chi connectivity index (χ1v) is 8.84. The van der Waals surface area contributed by atoms with E-state index in [0.717, 1.165) is 31.1 Å². The fourth-order valence-electron chi connectivity index (χ4n) is 3.80. The summed E-state index contributed by atoms with van der Waals surface area (Å²) < 4.78 is 11.2. The second kappa shape index (κ2) is 6.43. The van der Waals surface area contributed by atoms with Crippen molar-refractivity contribution in [2.45, 2.75) is 45.2 Å². The van der Waals surface area contributed by atoms with E-state index in [4.69, 9.17) is 9.47 Å². The molecule has 1 aromatic carbocycles. The van der Waals surface area contributed by atoms with Crippen LogP contribution in [0.15, 0.2) is 23.0 Å². The standard InChI is InChI=1S/C19H22N2O4/c1-12(22)21(15-4-2-3-5-15)11-14-8-13-9-17-18(25-7-6-24-17)10-16(13)20-19(14)23/h8-10,15H,2-7,11H2,1H3,(H,20,23). The predicted octanol–water partition coefficient (Wildman–Crippen LogP) is 2.59. The van der Waals surface area contributed by atoms with E-state index < -0.39 is 0 Å².